The monoisotopic (exact) mass is 389 g/mol. The number of piperidine rings is 1. The minimum atomic E-state index is 0.0279. The van der Waals surface area contributed by atoms with Crippen LogP contribution in [0, 0.1) is 0 Å². The molecule has 2 atom stereocenters. The van der Waals surface area contributed by atoms with Gasteiger partial charge in [0.15, 0.2) is 5.78 Å². The van der Waals surface area contributed by atoms with Gasteiger partial charge in [0.1, 0.15) is 22.9 Å². The van der Waals surface area contributed by atoms with Crippen molar-refractivity contribution in [2.75, 3.05) is 12.3 Å². The maximum absolute atomic E-state index is 12.3. The summed E-state index contributed by atoms with van der Waals surface area (Å²) in [5.41, 5.74) is 9.32. The molecule has 0 radical (unpaired) electrons. The Kier molecular flexibility index (Phi) is 4.12. The summed E-state index contributed by atoms with van der Waals surface area (Å²) in [4.78, 5) is 35.1. The van der Waals surface area contributed by atoms with Gasteiger partial charge >= 0.3 is 0 Å². The third kappa shape index (κ3) is 2.88. The van der Waals surface area contributed by atoms with Crippen LogP contribution in [-0.2, 0) is 4.79 Å². The van der Waals surface area contributed by atoms with Gasteiger partial charge in [0.25, 0.3) is 0 Å². The second-order valence-electron chi connectivity index (χ2n) is 8.00. The van der Waals surface area contributed by atoms with Gasteiger partial charge < -0.3 is 10.6 Å². The molecular formula is C22H23N5O2. The van der Waals surface area contributed by atoms with Crippen molar-refractivity contribution in [3.05, 3.63) is 48.0 Å². The molecule has 0 bridgehead atoms. The van der Waals surface area contributed by atoms with E-state index in [1.54, 1.807) is 13.1 Å². The Morgan fingerprint density at radius 1 is 1.17 bits per heavy atom. The van der Waals surface area contributed by atoms with Gasteiger partial charge in [-0.15, -0.1) is 0 Å². The normalized spacial score (nSPS) is 21.6. The van der Waals surface area contributed by atoms with E-state index < -0.39 is 0 Å². The van der Waals surface area contributed by atoms with Crippen LogP contribution in [0.25, 0.3) is 16.8 Å². The van der Waals surface area contributed by atoms with Gasteiger partial charge in [0.05, 0.1) is 0 Å². The van der Waals surface area contributed by atoms with Crippen LogP contribution in [0.3, 0.4) is 0 Å². The molecule has 0 spiro atoms. The van der Waals surface area contributed by atoms with E-state index in [0.717, 1.165) is 41.9 Å². The van der Waals surface area contributed by atoms with E-state index in [9.17, 15) is 9.59 Å². The third-order valence-corrected chi connectivity index (χ3v) is 6.26. The van der Waals surface area contributed by atoms with E-state index in [2.05, 4.69) is 4.98 Å². The fourth-order valence-electron chi connectivity index (χ4n) is 4.72. The fourth-order valence-corrected chi connectivity index (χ4v) is 4.72. The van der Waals surface area contributed by atoms with Gasteiger partial charge in [0, 0.05) is 48.4 Å². The molecule has 0 aliphatic carbocycles. The summed E-state index contributed by atoms with van der Waals surface area (Å²) in [5.74, 6) is 1.77. The first kappa shape index (κ1) is 17.8. The number of benzene rings is 1. The predicted octanol–water partition coefficient (Wildman–Crippen LogP) is 3.05. The first-order valence-corrected chi connectivity index (χ1v) is 10.1. The molecule has 148 valence electrons. The van der Waals surface area contributed by atoms with Crippen molar-refractivity contribution in [3.63, 3.8) is 0 Å². The molecule has 1 aromatic carbocycles. The number of ketones is 1. The molecule has 4 heterocycles. The molecule has 3 aromatic rings. The molecule has 0 unspecified atom stereocenters. The van der Waals surface area contributed by atoms with E-state index in [0.29, 0.717) is 30.4 Å². The predicted molar refractivity (Wildman–Crippen MR) is 110 cm³/mol. The number of carbonyl (C=O) groups excluding carboxylic acids is 2. The number of imidazole rings is 1. The Hall–Kier alpha value is -3.22. The van der Waals surface area contributed by atoms with Crippen LogP contribution < -0.4 is 5.73 Å². The minimum absolute atomic E-state index is 0.0279. The lowest BCUT2D eigenvalue weighted by atomic mass is 9.92. The molecule has 29 heavy (non-hydrogen) atoms. The highest BCUT2D eigenvalue weighted by Crippen LogP contribution is 2.37. The van der Waals surface area contributed by atoms with E-state index in [1.165, 1.54) is 0 Å². The number of aromatic nitrogens is 3. The van der Waals surface area contributed by atoms with E-state index >= 15 is 0 Å². The maximum atomic E-state index is 12.3. The largest absolute Gasteiger partial charge is 0.382 e. The number of nitrogen functional groups attached to an aromatic ring is 1. The molecule has 2 saturated heterocycles. The number of hydrogen-bond acceptors (Lipinski definition) is 5. The average Bonchev–Trinajstić information content (AvgIpc) is 3.30. The molecule has 7 heteroatoms. The topological polar surface area (TPSA) is 93.6 Å². The van der Waals surface area contributed by atoms with Crippen LogP contribution in [0.15, 0.2) is 36.7 Å². The lowest BCUT2D eigenvalue weighted by Crippen LogP contribution is -2.41. The second-order valence-corrected chi connectivity index (χ2v) is 8.00. The molecule has 2 fully saturated rings. The van der Waals surface area contributed by atoms with Crippen LogP contribution >= 0.6 is 0 Å². The number of fused-ring (bicyclic) bond motifs is 2. The Morgan fingerprint density at radius 2 is 1.97 bits per heavy atom. The van der Waals surface area contributed by atoms with Gasteiger partial charge in [-0.25, -0.2) is 9.97 Å². The molecule has 7 nitrogen and oxygen atoms in total. The number of hydrogen-bond donors (Lipinski definition) is 1. The summed E-state index contributed by atoms with van der Waals surface area (Å²) >= 11 is 0. The average molecular weight is 389 g/mol. The molecular weight excluding hydrogens is 366 g/mol. The Balaban J connectivity index is 1.59. The fraction of sp³-hybridized carbons (Fsp3) is 0.364. The zero-order chi connectivity index (χ0) is 20.1. The number of nitrogens with two attached hydrogens (primary N) is 1. The van der Waals surface area contributed by atoms with Crippen molar-refractivity contribution in [1.29, 1.82) is 0 Å². The van der Waals surface area contributed by atoms with Crippen LogP contribution in [0.2, 0.25) is 0 Å². The van der Waals surface area contributed by atoms with Crippen molar-refractivity contribution in [2.45, 2.75) is 44.6 Å². The van der Waals surface area contributed by atoms with Crippen LogP contribution in [0.1, 0.15) is 54.7 Å². The highest BCUT2D eigenvalue weighted by Gasteiger charge is 2.38. The number of anilines is 1. The zero-order valence-corrected chi connectivity index (χ0v) is 16.3. The Morgan fingerprint density at radius 3 is 2.72 bits per heavy atom. The van der Waals surface area contributed by atoms with Gasteiger partial charge in [-0.05, 0) is 26.2 Å². The van der Waals surface area contributed by atoms with Crippen molar-refractivity contribution in [3.8, 4) is 11.3 Å². The highest BCUT2D eigenvalue weighted by molar-refractivity contribution is 5.95. The quantitative estimate of drug-likeness (QED) is 0.695. The number of rotatable bonds is 3. The lowest BCUT2D eigenvalue weighted by molar-refractivity contribution is -0.130. The molecule has 1 amide bonds. The smallest absolute Gasteiger partial charge is 0.222 e. The summed E-state index contributed by atoms with van der Waals surface area (Å²) in [6.45, 7) is 2.25. The van der Waals surface area contributed by atoms with Crippen molar-refractivity contribution >= 4 is 23.0 Å². The molecule has 0 saturated carbocycles. The van der Waals surface area contributed by atoms with Crippen LogP contribution in [-0.4, -0.2) is 43.5 Å². The lowest BCUT2D eigenvalue weighted by Gasteiger charge is -2.34. The molecule has 2 aromatic heterocycles. The van der Waals surface area contributed by atoms with E-state index in [-0.39, 0.29) is 17.6 Å². The van der Waals surface area contributed by atoms with Gasteiger partial charge in [-0.3, -0.25) is 14.0 Å². The Labute approximate surface area is 168 Å². The molecule has 2 N–H and O–H groups in total. The summed E-state index contributed by atoms with van der Waals surface area (Å²) in [6, 6.07) is 7.80. The second kappa shape index (κ2) is 6.69. The van der Waals surface area contributed by atoms with Gasteiger partial charge in [-0.2, -0.15) is 0 Å². The molecule has 5 rings (SSSR count). The van der Waals surface area contributed by atoms with Crippen molar-refractivity contribution < 1.29 is 9.59 Å². The first-order valence-electron chi connectivity index (χ1n) is 10.1. The maximum Gasteiger partial charge on any atom is 0.222 e. The number of amides is 1. The first-order chi connectivity index (χ1) is 14.0. The number of Topliss-reactive ketones (excluding diaryl/α,β-unsaturated/α-hetero) is 1. The van der Waals surface area contributed by atoms with Gasteiger partial charge in [0.2, 0.25) is 5.91 Å². The number of carbonyl (C=O) groups is 2. The number of nitrogens with zero attached hydrogens (tertiary/aromatic N) is 4. The van der Waals surface area contributed by atoms with E-state index in [1.807, 2.05) is 39.8 Å². The summed E-state index contributed by atoms with van der Waals surface area (Å²) in [7, 11) is 0. The van der Waals surface area contributed by atoms with Crippen molar-refractivity contribution in [1.82, 2.24) is 19.3 Å². The third-order valence-electron chi connectivity index (χ3n) is 6.26. The highest BCUT2D eigenvalue weighted by atomic mass is 16.2. The summed E-state index contributed by atoms with van der Waals surface area (Å²) in [5, 5.41) is 0. The van der Waals surface area contributed by atoms with E-state index in [4.69, 9.17) is 10.7 Å². The summed E-state index contributed by atoms with van der Waals surface area (Å²) < 4.78 is 2.02. The van der Waals surface area contributed by atoms with Crippen LogP contribution in [0.5, 0.6) is 0 Å². The zero-order valence-electron chi connectivity index (χ0n) is 16.3. The standard InChI is InChI=1S/C22H23N5O2/c1-13(28)14-2-4-15(5-3-14)19-20-21(23)24-10-11-26(20)22(25-19)16-6-7-17-8-9-18(29)27(17)12-16/h2-5,10-11,16-17H,6-9,12H2,1H3,(H2,23,24)/t16-,17+/m1/s1. The van der Waals surface area contributed by atoms with Crippen LogP contribution in [0.4, 0.5) is 5.82 Å². The molecule has 2 aliphatic rings. The Bertz CT molecular complexity index is 1120. The molecule has 2 aliphatic heterocycles. The SMILES string of the molecule is CC(=O)c1ccc(-c2nc([C@@H]3CC[C@H]4CCC(=O)N4C3)n3ccnc(N)c23)cc1. The van der Waals surface area contributed by atoms with Gasteiger partial charge in [-0.1, -0.05) is 24.3 Å². The van der Waals surface area contributed by atoms with Crippen molar-refractivity contribution in [2.24, 2.45) is 0 Å². The summed E-state index contributed by atoms with van der Waals surface area (Å²) in [6.07, 6.45) is 7.21. The minimum Gasteiger partial charge on any atom is -0.382 e.